The molecule has 1 N–H and O–H groups in total. The topological polar surface area (TPSA) is 58.4 Å². The smallest absolute Gasteiger partial charge is 0.420 e. The third-order valence-electron chi connectivity index (χ3n) is 4.61. The number of carbonyl (C=O) groups excluding carboxylic acids is 1. The summed E-state index contributed by atoms with van der Waals surface area (Å²) >= 11 is 0. The van der Waals surface area contributed by atoms with E-state index in [4.69, 9.17) is 4.42 Å². The number of fused-ring (bicyclic) bond motifs is 3. The Morgan fingerprint density at radius 3 is 2.91 bits per heavy atom. The molecule has 3 unspecified atom stereocenters. The van der Waals surface area contributed by atoms with E-state index in [2.05, 4.69) is 15.2 Å². The van der Waals surface area contributed by atoms with Crippen molar-refractivity contribution in [2.45, 2.75) is 25.2 Å². The van der Waals surface area contributed by atoms with Crippen molar-refractivity contribution in [3.05, 3.63) is 29.8 Å². The van der Waals surface area contributed by atoms with Crippen molar-refractivity contribution in [1.82, 2.24) is 15.2 Å². The lowest BCUT2D eigenvalue weighted by molar-refractivity contribution is -0.136. The maximum absolute atomic E-state index is 12.9. The van der Waals surface area contributed by atoms with Gasteiger partial charge < -0.3 is 9.73 Å². The molecule has 4 rings (SSSR count). The van der Waals surface area contributed by atoms with Crippen LogP contribution in [0.5, 0.6) is 0 Å². The number of pyridine rings is 1. The maximum atomic E-state index is 12.9. The molecule has 0 saturated carbocycles. The summed E-state index contributed by atoms with van der Waals surface area (Å²) in [6.07, 6.45) is -0.758. The van der Waals surface area contributed by atoms with Gasteiger partial charge in [0.1, 0.15) is 17.5 Å². The number of rotatable bonds is 2. The van der Waals surface area contributed by atoms with E-state index >= 15 is 0 Å². The fourth-order valence-electron chi connectivity index (χ4n) is 3.46. The highest BCUT2D eigenvalue weighted by atomic mass is 19.4. The highest BCUT2D eigenvalue weighted by Crippen LogP contribution is 2.36. The van der Waals surface area contributed by atoms with E-state index in [0.29, 0.717) is 12.2 Å². The van der Waals surface area contributed by atoms with Gasteiger partial charge in [-0.1, -0.05) is 0 Å². The van der Waals surface area contributed by atoms with Crippen LogP contribution in [0, 0.1) is 5.92 Å². The van der Waals surface area contributed by atoms with Gasteiger partial charge in [0.25, 0.3) is 5.91 Å². The van der Waals surface area contributed by atoms with Crippen molar-refractivity contribution in [3.8, 4) is 0 Å². The Labute approximate surface area is 129 Å². The molecule has 1 amide bonds. The second-order valence-electron chi connectivity index (χ2n) is 6.09. The molecule has 2 aromatic heterocycles. The van der Waals surface area contributed by atoms with Crippen molar-refractivity contribution in [2.24, 2.45) is 5.92 Å². The summed E-state index contributed by atoms with van der Waals surface area (Å²) in [6, 6.07) is 1.14. The first-order chi connectivity index (χ1) is 10.9. The van der Waals surface area contributed by atoms with Gasteiger partial charge in [-0.05, 0) is 24.8 Å². The molecule has 8 heteroatoms. The van der Waals surface area contributed by atoms with Crippen molar-refractivity contribution < 1.29 is 22.4 Å². The summed E-state index contributed by atoms with van der Waals surface area (Å²) in [7, 11) is 0. The quantitative estimate of drug-likeness (QED) is 0.922. The molecule has 0 spiro atoms. The molecule has 2 saturated heterocycles. The summed E-state index contributed by atoms with van der Waals surface area (Å²) in [5.41, 5.74) is -0.918. The molecule has 122 valence electrons. The van der Waals surface area contributed by atoms with Crippen LogP contribution in [-0.4, -0.2) is 35.0 Å². The average molecular weight is 325 g/mol. The Bertz CT molecular complexity index is 771. The fraction of sp³-hybridized carbons (Fsp3) is 0.467. The lowest BCUT2D eigenvalue weighted by Crippen LogP contribution is -2.45. The predicted molar refractivity (Wildman–Crippen MR) is 74.6 cm³/mol. The van der Waals surface area contributed by atoms with Gasteiger partial charge >= 0.3 is 6.18 Å². The number of nitrogens with zero attached hydrogens (tertiary/aromatic N) is 2. The van der Waals surface area contributed by atoms with Gasteiger partial charge in [0.15, 0.2) is 5.58 Å². The number of furan rings is 1. The van der Waals surface area contributed by atoms with Crippen LogP contribution >= 0.6 is 0 Å². The summed E-state index contributed by atoms with van der Waals surface area (Å²) < 4.78 is 43.6. The van der Waals surface area contributed by atoms with Gasteiger partial charge in [-0.3, -0.25) is 9.69 Å². The van der Waals surface area contributed by atoms with Crippen molar-refractivity contribution in [2.75, 3.05) is 13.1 Å². The van der Waals surface area contributed by atoms with Crippen LogP contribution in [-0.2, 0) is 6.18 Å². The van der Waals surface area contributed by atoms with Crippen LogP contribution in [0.4, 0.5) is 13.2 Å². The molecule has 0 radical (unpaired) electrons. The number of halogens is 3. The molecule has 2 aromatic rings. The average Bonchev–Trinajstić information content (AvgIpc) is 3.20. The van der Waals surface area contributed by atoms with Crippen LogP contribution in [0.1, 0.15) is 28.9 Å². The highest BCUT2D eigenvalue weighted by molar-refractivity contribution is 5.96. The van der Waals surface area contributed by atoms with E-state index in [-0.39, 0.29) is 22.8 Å². The van der Waals surface area contributed by atoms with Gasteiger partial charge in [0.05, 0.1) is 12.4 Å². The van der Waals surface area contributed by atoms with Gasteiger partial charge in [-0.15, -0.1) is 0 Å². The molecule has 23 heavy (non-hydrogen) atoms. The van der Waals surface area contributed by atoms with Crippen LogP contribution < -0.4 is 5.32 Å². The van der Waals surface area contributed by atoms with Crippen molar-refractivity contribution >= 4 is 16.9 Å². The minimum atomic E-state index is -4.53. The second kappa shape index (κ2) is 4.95. The van der Waals surface area contributed by atoms with Gasteiger partial charge in [0.2, 0.25) is 0 Å². The van der Waals surface area contributed by atoms with E-state index in [1.54, 1.807) is 0 Å². The molecule has 0 aromatic carbocycles. The lowest BCUT2D eigenvalue weighted by atomic mass is 10.0. The fourth-order valence-corrected chi connectivity index (χ4v) is 3.46. The van der Waals surface area contributed by atoms with Crippen molar-refractivity contribution in [3.63, 3.8) is 0 Å². The maximum Gasteiger partial charge on any atom is 0.420 e. The zero-order valence-electron chi connectivity index (χ0n) is 12.1. The molecule has 2 aliphatic heterocycles. The number of nitrogens with one attached hydrogen (secondary N) is 1. The summed E-state index contributed by atoms with van der Waals surface area (Å²) in [5, 5.41) is 2.71. The Morgan fingerprint density at radius 1 is 1.43 bits per heavy atom. The molecular weight excluding hydrogens is 311 g/mol. The molecule has 5 nitrogen and oxygen atoms in total. The molecule has 0 aliphatic carbocycles. The normalized spacial score (nSPS) is 26.8. The molecule has 4 heterocycles. The number of carbonyl (C=O) groups is 1. The summed E-state index contributed by atoms with van der Waals surface area (Å²) in [6.45, 7) is 1.92. The summed E-state index contributed by atoms with van der Waals surface area (Å²) in [5.74, 6) is 0.139. The predicted octanol–water partition coefficient (Wildman–Crippen LogP) is 2.63. The Morgan fingerprint density at radius 2 is 2.26 bits per heavy atom. The standard InChI is InChI=1S/C15H14F3N3O2/c16-15(17,18)10-7-23-12-5-19-11(4-9(10)12)14(22)20-13-3-8-1-2-21(13)6-8/h4-5,7-8,13H,1-3,6H2,(H,20,22). The van der Waals surface area contributed by atoms with Gasteiger partial charge in [-0.25, -0.2) is 4.98 Å². The second-order valence-corrected chi connectivity index (χ2v) is 6.09. The number of amides is 1. The van der Waals surface area contributed by atoms with E-state index in [1.165, 1.54) is 0 Å². The SMILES string of the molecule is O=C(NC1CC2CCN1C2)c1cc2c(C(F)(F)F)coc2cn1. The van der Waals surface area contributed by atoms with Gasteiger partial charge in [0, 0.05) is 18.5 Å². The Balaban J connectivity index is 1.60. The van der Waals surface area contributed by atoms with Crippen molar-refractivity contribution in [1.29, 1.82) is 0 Å². The van der Waals surface area contributed by atoms with Crippen LogP contribution in [0.15, 0.2) is 22.9 Å². The third kappa shape index (κ3) is 2.46. The Hall–Kier alpha value is -2.09. The molecular formula is C15H14F3N3O2. The van der Waals surface area contributed by atoms with Crippen LogP contribution in [0.2, 0.25) is 0 Å². The molecule has 2 bridgehead atoms. The largest absolute Gasteiger partial charge is 0.462 e. The molecule has 3 atom stereocenters. The number of alkyl halides is 3. The molecule has 2 fully saturated rings. The first-order valence-electron chi connectivity index (χ1n) is 7.41. The monoisotopic (exact) mass is 325 g/mol. The number of hydrogen-bond acceptors (Lipinski definition) is 4. The zero-order chi connectivity index (χ0) is 16.2. The first kappa shape index (κ1) is 14.5. The highest BCUT2D eigenvalue weighted by Gasteiger charge is 2.38. The number of hydrogen-bond donors (Lipinski definition) is 1. The molecule has 2 aliphatic rings. The van der Waals surface area contributed by atoms with E-state index in [1.807, 2.05) is 0 Å². The van der Waals surface area contributed by atoms with Gasteiger partial charge in [-0.2, -0.15) is 13.2 Å². The number of aromatic nitrogens is 1. The number of piperidine rings is 1. The van der Waals surface area contributed by atoms with E-state index < -0.39 is 17.6 Å². The van der Waals surface area contributed by atoms with Crippen LogP contribution in [0.3, 0.4) is 0 Å². The van der Waals surface area contributed by atoms with E-state index in [9.17, 15) is 18.0 Å². The minimum absolute atomic E-state index is 0.0116. The zero-order valence-corrected chi connectivity index (χ0v) is 12.1. The lowest BCUT2D eigenvalue weighted by Gasteiger charge is -2.25. The Kier molecular flexibility index (Phi) is 3.12. The van der Waals surface area contributed by atoms with Crippen LogP contribution in [0.25, 0.3) is 11.0 Å². The minimum Gasteiger partial charge on any atom is -0.462 e. The van der Waals surface area contributed by atoms with E-state index in [0.717, 1.165) is 38.2 Å². The third-order valence-corrected chi connectivity index (χ3v) is 4.61. The first-order valence-corrected chi connectivity index (χ1v) is 7.41. The summed E-state index contributed by atoms with van der Waals surface area (Å²) in [4.78, 5) is 18.4.